The number of amides is 1. The predicted molar refractivity (Wildman–Crippen MR) is 78.1 cm³/mol. The van der Waals surface area contributed by atoms with Gasteiger partial charge in [-0.25, -0.2) is 0 Å². The third kappa shape index (κ3) is 3.57. The molecule has 0 unspecified atom stereocenters. The standard InChI is InChI=1S/C16H24N2O/c1-11-8-13(3)14(9-12(11)2)10-18-15-6-4-5-7-17-16(15)19/h8-9,15,18H,4-7,10H2,1-3H3,(H,17,19)/t15-/m1/s1. The second-order valence-corrected chi connectivity index (χ2v) is 5.58. The minimum atomic E-state index is -0.0384. The zero-order chi connectivity index (χ0) is 13.8. The highest BCUT2D eigenvalue weighted by atomic mass is 16.2. The molecule has 1 aliphatic rings. The van der Waals surface area contributed by atoms with Crippen molar-refractivity contribution in [3.63, 3.8) is 0 Å². The van der Waals surface area contributed by atoms with Gasteiger partial charge in [0.2, 0.25) is 5.91 Å². The van der Waals surface area contributed by atoms with Crippen molar-refractivity contribution in [3.8, 4) is 0 Å². The topological polar surface area (TPSA) is 41.1 Å². The van der Waals surface area contributed by atoms with Crippen LogP contribution in [0.4, 0.5) is 0 Å². The fourth-order valence-corrected chi connectivity index (χ4v) is 2.58. The average molecular weight is 260 g/mol. The lowest BCUT2D eigenvalue weighted by atomic mass is 10.0. The molecule has 3 nitrogen and oxygen atoms in total. The number of benzene rings is 1. The van der Waals surface area contributed by atoms with Crippen molar-refractivity contribution in [1.29, 1.82) is 0 Å². The normalized spacial score (nSPS) is 19.9. The Labute approximate surface area is 115 Å². The van der Waals surface area contributed by atoms with Crippen molar-refractivity contribution in [3.05, 3.63) is 34.4 Å². The second-order valence-electron chi connectivity index (χ2n) is 5.58. The van der Waals surface area contributed by atoms with Gasteiger partial charge in [0.05, 0.1) is 6.04 Å². The molecule has 0 aromatic heterocycles. The fraction of sp³-hybridized carbons (Fsp3) is 0.562. The first kappa shape index (κ1) is 14.1. The Hall–Kier alpha value is -1.35. The van der Waals surface area contributed by atoms with E-state index in [-0.39, 0.29) is 11.9 Å². The molecule has 1 amide bonds. The molecule has 0 spiro atoms. The van der Waals surface area contributed by atoms with Gasteiger partial charge in [0.15, 0.2) is 0 Å². The fourth-order valence-electron chi connectivity index (χ4n) is 2.58. The monoisotopic (exact) mass is 260 g/mol. The van der Waals surface area contributed by atoms with Gasteiger partial charge in [0.25, 0.3) is 0 Å². The molecule has 1 aromatic carbocycles. The van der Waals surface area contributed by atoms with Crippen molar-refractivity contribution in [2.45, 2.75) is 52.6 Å². The van der Waals surface area contributed by atoms with Crippen molar-refractivity contribution < 1.29 is 4.79 Å². The molecule has 2 N–H and O–H groups in total. The van der Waals surface area contributed by atoms with Crippen LogP contribution in [0.5, 0.6) is 0 Å². The molecule has 3 heteroatoms. The van der Waals surface area contributed by atoms with Crippen LogP contribution in [0.2, 0.25) is 0 Å². The van der Waals surface area contributed by atoms with Crippen molar-refractivity contribution >= 4 is 5.91 Å². The van der Waals surface area contributed by atoms with E-state index in [4.69, 9.17) is 0 Å². The molecular formula is C16H24N2O. The third-order valence-electron chi connectivity index (χ3n) is 4.03. The van der Waals surface area contributed by atoms with Gasteiger partial charge >= 0.3 is 0 Å². The van der Waals surface area contributed by atoms with Crippen LogP contribution >= 0.6 is 0 Å². The number of carbonyl (C=O) groups is 1. The summed E-state index contributed by atoms with van der Waals surface area (Å²) in [6.45, 7) is 8.00. The summed E-state index contributed by atoms with van der Waals surface area (Å²) in [5.41, 5.74) is 5.23. The Kier molecular flexibility index (Phi) is 4.59. The van der Waals surface area contributed by atoms with Gasteiger partial charge in [-0.05, 0) is 62.3 Å². The number of aryl methyl sites for hydroxylation is 3. The van der Waals surface area contributed by atoms with E-state index in [0.717, 1.165) is 32.4 Å². The largest absolute Gasteiger partial charge is 0.355 e. The lowest BCUT2D eigenvalue weighted by molar-refractivity contribution is -0.122. The number of nitrogens with one attached hydrogen (secondary N) is 2. The molecule has 1 atom stereocenters. The van der Waals surface area contributed by atoms with Gasteiger partial charge < -0.3 is 10.6 Å². The highest BCUT2D eigenvalue weighted by Crippen LogP contribution is 2.16. The second kappa shape index (κ2) is 6.20. The maximum atomic E-state index is 11.9. The van der Waals surface area contributed by atoms with Gasteiger partial charge in [-0.1, -0.05) is 12.1 Å². The molecule has 19 heavy (non-hydrogen) atoms. The van der Waals surface area contributed by atoms with Crippen molar-refractivity contribution in [1.82, 2.24) is 10.6 Å². The predicted octanol–water partition coefficient (Wildman–Crippen LogP) is 2.37. The Bertz CT molecular complexity index is 468. The Balaban J connectivity index is 2.01. The van der Waals surface area contributed by atoms with Crippen molar-refractivity contribution in [2.24, 2.45) is 0 Å². The average Bonchev–Trinajstić information content (AvgIpc) is 2.57. The number of hydrogen-bond donors (Lipinski definition) is 2. The van der Waals surface area contributed by atoms with E-state index >= 15 is 0 Å². The summed E-state index contributed by atoms with van der Waals surface area (Å²) in [4.78, 5) is 11.9. The van der Waals surface area contributed by atoms with E-state index in [9.17, 15) is 4.79 Å². The maximum Gasteiger partial charge on any atom is 0.237 e. The lowest BCUT2D eigenvalue weighted by Crippen LogP contribution is -2.42. The first-order chi connectivity index (χ1) is 9.08. The van der Waals surface area contributed by atoms with Crippen LogP contribution in [0.15, 0.2) is 12.1 Å². The summed E-state index contributed by atoms with van der Waals surface area (Å²) < 4.78 is 0. The third-order valence-corrected chi connectivity index (χ3v) is 4.03. The SMILES string of the molecule is Cc1cc(C)c(CN[C@@H]2CCCCNC2=O)cc1C. The molecule has 0 saturated carbocycles. The van der Waals surface area contributed by atoms with Gasteiger partial charge in [-0.3, -0.25) is 4.79 Å². The molecule has 1 fully saturated rings. The van der Waals surface area contributed by atoms with Gasteiger partial charge in [-0.2, -0.15) is 0 Å². The number of carbonyl (C=O) groups excluding carboxylic acids is 1. The highest BCUT2D eigenvalue weighted by Gasteiger charge is 2.19. The molecule has 0 aliphatic carbocycles. The van der Waals surface area contributed by atoms with E-state index in [1.807, 2.05) is 0 Å². The summed E-state index contributed by atoms with van der Waals surface area (Å²) in [5.74, 6) is 0.152. The minimum absolute atomic E-state index is 0.0384. The minimum Gasteiger partial charge on any atom is -0.355 e. The molecule has 0 radical (unpaired) electrons. The molecule has 1 heterocycles. The zero-order valence-corrected chi connectivity index (χ0v) is 12.2. The zero-order valence-electron chi connectivity index (χ0n) is 12.2. The summed E-state index contributed by atoms with van der Waals surface area (Å²) in [5, 5.41) is 6.37. The Morgan fingerprint density at radius 2 is 1.89 bits per heavy atom. The molecule has 1 saturated heterocycles. The first-order valence-electron chi connectivity index (χ1n) is 7.16. The summed E-state index contributed by atoms with van der Waals surface area (Å²) in [6, 6.07) is 4.41. The van der Waals surface area contributed by atoms with E-state index in [1.54, 1.807) is 0 Å². The van der Waals surface area contributed by atoms with E-state index in [2.05, 4.69) is 43.5 Å². The smallest absolute Gasteiger partial charge is 0.237 e. The van der Waals surface area contributed by atoms with Crippen LogP contribution in [0.25, 0.3) is 0 Å². The molecule has 1 aromatic rings. The highest BCUT2D eigenvalue weighted by molar-refractivity contribution is 5.81. The molecule has 2 rings (SSSR count). The summed E-state index contributed by atoms with van der Waals surface area (Å²) >= 11 is 0. The van der Waals surface area contributed by atoms with Crippen LogP contribution in [0.1, 0.15) is 41.5 Å². The first-order valence-corrected chi connectivity index (χ1v) is 7.16. The van der Waals surface area contributed by atoms with E-state index in [1.165, 1.54) is 22.3 Å². The lowest BCUT2D eigenvalue weighted by Gasteiger charge is -2.17. The van der Waals surface area contributed by atoms with E-state index < -0.39 is 0 Å². The Morgan fingerprint density at radius 3 is 2.68 bits per heavy atom. The van der Waals surface area contributed by atoms with Crippen molar-refractivity contribution in [2.75, 3.05) is 6.54 Å². The summed E-state index contributed by atoms with van der Waals surface area (Å²) in [6.07, 6.45) is 3.14. The Morgan fingerprint density at radius 1 is 1.16 bits per heavy atom. The quantitative estimate of drug-likeness (QED) is 0.876. The molecular weight excluding hydrogens is 236 g/mol. The van der Waals surface area contributed by atoms with Gasteiger partial charge in [-0.15, -0.1) is 0 Å². The molecule has 1 aliphatic heterocycles. The van der Waals surface area contributed by atoms with Gasteiger partial charge in [0, 0.05) is 13.1 Å². The number of rotatable bonds is 3. The maximum absolute atomic E-state index is 11.9. The van der Waals surface area contributed by atoms with Crippen LogP contribution < -0.4 is 10.6 Å². The van der Waals surface area contributed by atoms with Crippen LogP contribution in [-0.2, 0) is 11.3 Å². The van der Waals surface area contributed by atoms with Crippen LogP contribution in [0.3, 0.4) is 0 Å². The van der Waals surface area contributed by atoms with E-state index in [0.29, 0.717) is 0 Å². The summed E-state index contributed by atoms with van der Waals surface area (Å²) in [7, 11) is 0. The molecule has 104 valence electrons. The molecule has 0 bridgehead atoms. The number of hydrogen-bond acceptors (Lipinski definition) is 2. The van der Waals surface area contributed by atoms with Gasteiger partial charge in [0.1, 0.15) is 0 Å². The van der Waals surface area contributed by atoms with Crippen LogP contribution in [0, 0.1) is 20.8 Å². The van der Waals surface area contributed by atoms with Crippen LogP contribution in [-0.4, -0.2) is 18.5 Å².